The van der Waals surface area contributed by atoms with E-state index in [0.717, 1.165) is 16.8 Å². The predicted molar refractivity (Wildman–Crippen MR) is 124 cm³/mol. The number of carbonyl (C=O) groups is 2. The quantitative estimate of drug-likeness (QED) is 0.571. The molecule has 2 aliphatic rings. The number of methoxy groups -OCH3 is 1. The van der Waals surface area contributed by atoms with E-state index >= 15 is 0 Å². The predicted octanol–water partition coefficient (Wildman–Crippen LogP) is 4.83. The standard InChI is InChI=1S/C24H19ClN2O3S/c1-30-18-12-10-17(11-13-18)27-22(28)15-31-24(27)19-7-3-5-9-21(19)26(23(24)29)14-16-6-2-4-8-20(16)25/h2-13H,14-15H2,1H3/t24-/m1/s1. The Labute approximate surface area is 189 Å². The van der Waals surface area contributed by atoms with Gasteiger partial charge >= 0.3 is 0 Å². The lowest BCUT2D eigenvalue weighted by atomic mass is 10.0. The van der Waals surface area contributed by atoms with Crippen LogP contribution in [0.25, 0.3) is 0 Å². The highest BCUT2D eigenvalue weighted by atomic mass is 35.5. The molecule has 156 valence electrons. The van der Waals surface area contributed by atoms with E-state index in [1.807, 2.05) is 60.7 Å². The molecule has 0 bridgehead atoms. The number of fused-ring (bicyclic) bond motifs is 2. The summed E-state index contributed by atoms with van der Waals surface area (Å²) in [5.74, 6) is 0.681. The monoisotopic (exact) mass is 450 g/mol. The number of hydrogen-bond donors (Lipinski definition) is 0. The fourth-order valence-corrected chi connectivity index (χ4v) is 5.80. The number of nitrogens with zero attached hydrogens (tertiary/aromatic N) is 2. The molecule has 0 aromatic heterocycles. The lowest BCUT2D eigenvalue weighted by Gasteiger charge is -2.33. The first-order valence-corrected chi connectivity index (χ1v) is 11.2. The van der Waals surface area contributed by atoms with E-state index in [1.54, 1.807) is 29.0 Å². The topological polar surface area (TPSA) is 49.9 Å². The van der Waals surface area contributed by atoms with Gasteiger partial charge in [0.05, 0.1) is 25.1 Å². The van der Waals surface area contributed by atoms with Gasteiger partial charge in [-0.3, -0.25) is 14.5 Å². The Kier molecular flexibility index (Phi) is 4.91. The summed E-state index contributed by atoms with van der Waals surface area (Å²) >= 11 is 7.75. The molecule has 1 saturated heterocycles. The summed E-state index contributed by atoms with van der Waals surface area (Å²) in [5, 5.41) is 0.607. The van der Waals surface area contributed by atoms with Crippen LogP contribution in [-0.4, -0.2) is 24.7 Å². The summed E-state index contributed by atoms with van der Waals surface area (Å²) in [7, 11) is 1.59. The number of halogens is 1. The minimum Gasteiger partial charge on any atom is -0.497 e. The number of benzene rings is 3. The molecule has 3 aromatic rings. The lowest BCUT2D eigenvalue weighted by molar-refractivity contribution is -0.123. The summed E-state index contributed by atoms with van der Waals surface area (Å²) in [4.78, 5) is 29.3. The van der Waals surface area contributed by atoms with Gasteiger partial charge in [0.25, 0.3) is 5.91 Å². The van der Waals surface area contributed by atoms with Crippen LogP contribution in [-0.2, 0) is 21.0 Å². The van der Waals surface area contributed by atoms with Gasteiger partial charge in [0.15, 0.2) is 0 Å². The zero-order valence-electron chi connectivity index (χ0n) is 16.7. The molecule has 5 nitrogen and oxygen atoms in total. The maximum Gasteiger partial charge on any atom is 0.269 e. The Balaban J connectivity index is 1.63. The Bertz CT molecular complexity index is 1180. The molecule has 7 heteroatoms. The van der Waals surface area contributed by atoms with E-state index in [9.17, 15) is 9.59 Å². The van der Waals surface area contributed by atoms with Crippen molar-refractivity contribution in [3.63, 3.8) is 0 Å². The minimum atomic E-state index is -1.14. The average Bonchev–Trinajstić information content (AvgIpc) is 3.26. The molecule has 1 fully saturated rings. The Morgan fingerprint density at radius 3 is 2.45 bits per heavy atom. The van der Waals surface area contributed by atoms with Crippen molar-refractivity contribution >= 4 is 46.6 Å². The van der Waals surface area contributed by atoms with Crippen LogP contribution in [0.1, 0.15) is 11.1 Å². The third-order valence-electron chi connectivity index (χ3n) is 5.68. The highest BCUT2D eigenvalue weighted by molar-refractivity contribution is 8.02. The highest BCUT2D eigenvalue weighted by Crippen LogP contribution is 2.56. The van der Waals surface area contributed by atoms with Gasteiger partial charge in [-0.05, 0) is 42.0 Å². The normalized spacial score (nSPS) is 19.9. The first-order chi connectivity index (χ1) is 15.1. The number of thioether (sulfide) groups is 1. The number of anilines is 2. The number of hydrogen-bond acceptors (Lipinski definition) is 4. The minimum absolute atomic E-state index is 0.0992. The van der Waals surface area contributed by atoms with E-state index in [0.29, 0.717) is 23.0 Å². The molecular formula is C24H19ClN2O3S. The third-order valence-corrected chi connectivity index (χ3v) is 7.44. The van der Waals surface area contributed by atoms with Crippen molar-refractivity contribution in [2.45, 2.75) is 11.4 Å². The molecule has 2 aliphatic heterocycles. The van der Waals surface area contributed by atoms with E-state index < -0.39 is 4.87 Å². The van der Waals surface area contributed by atoms with Crippen LogP contribution in [0, 0.1) is 0 Å². The van der Waals surface area contributed by atoms with Crippen LogP contribution in [0.3, 0.4) is 0 Å². The molecule has 0 saturated carbocycles. The van der Waals surface area contributed by atoms with Crippen molar-refractivity contribution in [1.82, 2.24) is 0 Å². The second kappa shape index (κ2) is 7.62. The summed E-state index contributed by atoms with van der Waals surface area (Å²) in [5.41, 5.74) is 3.14. The lowest BCUT2D eigenvalue weighted by Crippen LogP contribution is -2.49. The first-order valence-electron chi connectivity index (χ1n) is 9.82. The molecule has 3 aromatic carbocycles. The summed E-state index contributed by atoms with van der Waals surface area (Å²) in [6.45, 7) is 0.336. The number of para-hydroxylation sites is 1. The Morgan fingerprint density at radius 1 is 1.00 bits per heavy atom. The average molecular weight is 451 g/mol. The van der Waals surface area contributed by atoms with E-state index in [2.05, 4.69) is 0 Å². The maximum atomic E-state index is 14.0. The molecule has 0 unspecified atom stereocenters. The fourth-order valence-electron chi connectivity index (χ4n) is 4.24. The van der Waals surface area contributed by atoms with Gasteiger partial charge in [-0.15, -0.1) is 11.8 Å². The van der Waals surface area contributed by atoms with Gasteiger partial charge in [-0.2, -0.15) is 0 Å². The summed E-state index contributed by atoms with van der Waals surface area (Å²) in [6, 6.07) is 22.4. The summed E-state index contributed by atoms with van der Waals surface area (Å²) < 4.78 is 5.25. The fraction of sp³-hybridized carbons (Fsp3) is 0.167. The second-order valence-electron chi connectivity index (χ2n) is 7.36. The van der Waals surface area contributed by atoms with Crippen molar-refractivity contribution in [3.8, 4) is 5.75 Å². The maximum absolute atomic E-state index is 14.0. The van der Waals surface area contributed by atoms with Gasteiger partial charge in [0.2, 0.25) is 10.8 Å². The van der Waals surface area contributed by atoms with Gasteiger partial charge in [0, 0.05) is 16.3 Å². The van der Waals surface area contributed by atoms with Crippen LogP contribution in [0.4, 0.5) is 11.4 Å². The number of ether oxygens (including phenoxy) is 1. The van der Waals surface area contributed by atoms with Crippen LogP contribution < -0.4 is 14.5 Å². The molecule has 1 atom stereocenters. The van der Waals surface area contributed by atoms with Crippen LogP contribution in [0.5, 0.6) is 5.75 Å². The molecule has 0 radical (unpaired) electrons. The van der Waals surface area contributed by atoms with Gasteiger partial charge < -0.3 is 9.64 Å². The second-order valence-corrected chi connectivity index (χ2v) is 8.94. The zero-order chi connectivity index (χ0) is 21.6. The van der Waals surface area contributed by atoms with Crippen molar-refractivity contribution < 1.29 is 14.3 Å². The number of rotatable bonds is 4. The van der Waals surface area contributed by atoms with Crippen LogP contribution >= 0.6 is 23.4 Å². The molecule has 31 heavy (non-hydrogen) atoms. The Morgan fingerprint density at radius 2 is 1.71 bits per heavy atom. The van der Waals surface area contributed by atoms with E-state index in [4.69, 9.17) is 16.3 Å². The van der Waals surface area contributed by atoms with Gasteiger partial charge in [0.1, 0.15) is 5.75 Å². The SMILES string of the molecule is COc1ccc(N2C(=O)CS[C@]23C(=O)N(Cc2ccccc2Cl)c2ccccc23)cc1. The molecular weight excluding hydrogens is 432 g/mol. The molecule has 2 heterocycles. The zero-order valence-corrected chi connectivity index (χ0v) is 18.3. The van der Waals surface area contributed by atoms with Crippen LogP contribution in [0.2, 0.25) is 5.02 Å². The van der Waals surface area contributed by atoms with Crippen molar-refractivity contribution in [2.24, 2.45) is 0 Å². The van der Waals surface area contributed by atoms with Crippen molar-refractivity contribution in [1.29, 1.82) is 0 Å². The van der Waals surface area contributed by atoms with Crippen LogP contribution in [0.15, 0.2) is 72.8 Å². The van der Waals surface area contributed by atoms with Crippen molar-refractivity contribution in [2.75, 3.05) is 22.7 Å². The third kappa shape index (κ3) is 3.01. The molecule has 2 amide bonds. The number of amides is 2. The molecule has 5 rings (SSSR count). The van der Waals surface area contributed by atoms with Gasteiger partial charge in [-0.25, -0.2) is 0 Å². The summed E-state index contributed by atoms with van der Waals surface area (Å²) in [6.07, 6.45) is 0. The van der Waals surface area contributed by atoms with Crippen molar-refractivity contribution in [3.05, 3.63) is 88.9 Å². The molecule has 0 aliphatic carbocycles. The molecule has 0 N–H and O–H groups in total. The largest absolute Gasteiger partial charge is 0.497 e. The van der Waals surface area contributed by atoms with Gasteiger partial charge in [-0.1, -0.05) is 48.0 Å². The first kappa shape index (κ1) is 20.0. The van der Waals surface area contributed by atoms with E-state index in [-0.39, 0.29) is 17.6 Å². The van der Waals surface area contributed by atoms with E-state index in [1.165, 1.54) is 11.8 Å². The number of carbonyl (C=O) groups excluding carboxylic acids is 2. The Hall–Kier alpha value is -2.96. The highest BCUT2D eigenvalue weighted by Gasteiger charge is 2.60. The molecule has 1 spiro atoms. The smallest absolute Gasteiger partial charge is 0.269 e.